The fraction of sp³-hybridized carbons (Fsp3) is 0.250. The highest BCUT2D eigenvalue weighted by Crippen LogP contribution is 2.34. The molecule has 3 rings (SSSR count). The van der Waals surface area contributed by atoms with Gasteiger partial charge in [-0.05, 0) is 37.3 Å². The third-order valence-corrected chi connectivity index (χ3v) is 4.42. The fourth-order valence-corrected chi connectivity index (χ4v) is 3.01. The first-order valence-corrected chi connectivity index (χ1v) is 8.44. The lowest BCUT2D eigenvalue weighted by Crippen LogP contribution is -2.49. The van der Waals surface area contributed by atoms with E-state index < -0.39 is 12.0 Å². The maximum atomic E-state index is 13.0. The Kier molecular flexibility index (Phi) is 5.12. The Morgan fingerprint density at radius 2 is 1.96 bits per heavy atom. The molecule has 0 saturated heterocycles. The second-order valence-electron chi connectivity index (χ2n) is 6.24. The van der Waals surface area contributed by atoms with Gasteiger partial charge in [0.25, 0.3) is 5.91 Å². The van der Waals surface area contributed by atoms with E-state index in [0.717, 1.165) is 0 Å². The number of nitrogens with two attached hydrogens (primary N) is 1. The molecule has 7 heteroatoms. The summed E-state index contributed by atoms with van der Waals surface area (Å²) >= 11 is 0. The van der Waals surface area contributed by atoms with Gasteiger partial charge in [0.05, 0.1) is 25.8 Å². The molecule has 0 bridgehead atoms. The second kappa shape index (κ2) is 7.49. The number of primary amides is 1. The Morgan fingerprint density at radius 1 is 1.22 bits per heavy atom. The van der Waals surface area contributed by atoms with Crippen molar-refractivity contribution in [3.8, 4) is 11.5 Å². The van der Waals surface area contributed by atoms with Crippen molar-refractivity contribution in [3.05, 3.63) is 53.6 Å². The largest absolute Gasteiger partial charge is 0.496 e. The highest BCUT2D eigenvalue weighted by atomic mass is 16.5. The molecule has 0 spiro atoms. The number of hydrogen-bond acceptors (Lipinski definition) is 5. The SMILES string of the molecule is COc1ccc(C(C)=O)cc1CC(=O)N1C[C@@H](C(N)=O)Oc2ccccc21. The highest BCUT2D eigenvalue weighted by molar-refractivity contribution is 5.99. The maximum Gasteiger partial charge on any atom is 0.260 e. The Labute approximate surface area is 156 Å². The number of rotatable bonds is 5. The summed E-state index contributed by atoms with van der Waals surface area (Å²) in [6.45, 7) is 1.49. The number of amides is 2. The first kappa shape index (κ1) is 18.4. The van der Waals surface area contributed by atoms with Gasteiger partial charge in [-0.3, -0.25) is 14.4 Å². The lowest BCUT2D eigenvalue weighted by Gasteiger charge is -2.33. The van der Waals surface area contributed by atoms with Gasteiger partial charge >= 0.3 is 0 Å². The van der Waals surface area contributed by atoms with Crippen molar-refractivity contribution >= 4 is 23.3 Å². The van der Waals surface area contributed by atoms with Crippen molar-refractivity contribution < 1.29 is 23.9 Å². The summed E-state index contributed by atoms with van der Waals surface area (Å²) in [4.78, 5) is 37.8. The van der Waals surface area contributed by atoms with E-state index in [1.807, 2.05) is 0 Å². The van der Waals surface area contributed by atoms with E-state index in [-0.39, 0.29) is 24.7 Å². The number of benzene rings is 2. The molecule has 2 aromatic carbocycles. The minimum atomic E-state index is -0.922. The number of ketones is 1. The van der Waals surface area contributed by atoms with Crippen molar-refractivity contribution in [1.82, 2.24) is 0 Å². The van der Waals surface area contributed by atoms with Crippen LogP contribution in [0.3, 0.4) is 0 Å². The average Bonchev–Trinajstić information content (AvgIpc) is 2.66. The van der Waals surface area contributed by atoms with Gasteiger partial charge in [-0.1, -0.05) is 12.1 Å². The van der Waals surface area contributed by atoms with Crippen LogP contribution in [0, 0.1) is 0 Å². The minimum absolute atomic E-state index is 0.00408. The van der Waals surface area contributed by atoms with Gasteiger partial charge in [-0.25, -0.2) is 0 Å². The summed E-state index contributed by atoms with van der Waals surface area (Å²) in [5, 5.41) is 0. The van der Waals surface area contributed by atoms with Crippen molar-refractivity contribution in [3.63, 3.8) is 0 Å². The highest BCUT2D eigenvalue weighted by Gasteiger charge is 2.32. The van der Waals surface area contributed by atoms with Crippen LogP contribution >= 0.6 is 0 Å². The van der Waals surface area contributed by atoms with Gasteiger partial charge < -0.3 is 20.1 Å². The topological polar surface area (TPSA) is 98.9 Å². The molecule has 7 nitrogen and oxygen atoms in total. The lowest BCUT2D eigenvalue weighted by molar-refractivity contribution is -0.125. The molecule has 0 unspecified atom stereocenters. The van der Waals surface area contributed by atoms with Crippen LogP contribution in [0.15, 0.2) is 42.5 Å². The zero-order valence-corrected chi connectivity index (χ0v) is 15.1. The number of methoxy groups -OCH3 is 1. The monoisotopic (exact) mass is 368 g/mol. The molecule has 0 saturated carbocycles. The minimum Gasteiger partial charge on any atom is -0.496 e. The molecule has 2 amide bonds. The zero-order chi connectivity index (χ0) is 19.6. The van der Waals surface area contributed by atoms with Gasteiger partial charge in [0.1, 0.15) is 11.5 Å². The van der Waals surface area contributed by atoms with E-state index in [2.05, 4.69) is 0 Å². The number of hydrogen-bond donors (Lipinski definition) is 1. The molecule has 2 aromatic rings. The lowest BCUT2D eigenvalue weighted by atomic mass is 10.0. The normalized spacial score (nSPS) is 15.5. The fourth-order valence-electron chi connectivity index (χ4n) is 3.01. The van der Waals surface area contributed by atoms with Crippen LogP contribution in [0.5, 0.6) is 11.5 Å². The van der Waals surface area contributed by atoms with E-state index >= 15 is 0 Å². The van der Waals surface area contributed by atoms with Gasteiger partial charge in [-0.15, -0.1) is 0 Å². The van der Waals surface area contributed by atoms with Gasteiger partial charge in [0.2, 0.25) is 5.91 Å². The van der Waals surface area contributed by atoms with Gasteiger partial charge in [-0.2, -0.15) is 0 Å². The van der Waals surface area contributed by atoms with Crippen molar-refractivity contribution in [1.29, 1.82) is 0 Å². The molecule has 140 valence electrons. The molecule has 0 fully saturated rings. The quantitative estimate of drug-likeness (QED) is 0.810. The van der Waals surface area contributed by atoms with E-state index in [1.165, 1.54) is 18.9 Å². The number of nitrogens with zero attached hydrogens (tertiary/aromatic N) is 1. The smallest absolute Gasteiger partial charge is 0.260 e. The average molecular weight is 368 g/mol. The molecule has 1 aliphatic heterocycles. The number of para-hydroxylation sites is 2. The summed E-state index contributed by atoms with van der Waals surface area (Å²) in [5.74, 6) is -0.0574. The van der Waals surface area contributed by atoms with Crippen LogP contribution in [0.25, 0.3) is 0 Å². The summed E-state index contributed by atoms with van der Waals surface area (Å²) in [6.07, 6.45) is -0.918. The molecular weight excluding hydrogens is 348 g/mol. The third-order valence-electron chi connectivity index (χ3n) is 4.42. The van der Waals surface area contributed by atoms with E-state index in [4.69, 9.17) is 15.2 Å². The predicted octanol–water partition coefficient (Wildman–Crippen LogP) is 1.72. The van der Waals surface area contributed by atoms with Crippen molar-refractivity contribution in [2.24, 2.45) is 5.73 Å². The van der Waals surface area contributed by atoms with Crippen LogP contribution in [0.1, 0.15) is 22.8 Å². The molecule has 0 radical (unpaired) electrons. The van der Waals surface area contributed by atoms with Crippen molar-refractivity contribution in [2.45, 2.75) is 19.4 Å². The Morgan fingerprint density at radius 3 is 2.63 bits per heavy atom. The zero-order valence-electron chi connectivity index (χ0n) is 15.1. The number of carbonyl (C=O) groups is 3. The van der Waals surface area contributed by atoms with E-state index in [9.17, 15) is 14.4 Å². The Bertz CT molecular complexity index is 909. The van der Waals surface area contributed by atoms with Crippen molar-refractivity contribution in [2.75, 3.05) is 18.6 Å². The van der Waals surface area contributed by atoms with Crippen LogP contribution in [-0.2, 0) is 16.0 Å². The molecule has 1 atom stereocenters. The first-order chi connectivity index (χ1) is 12.9. The second-order valence-corrected chi connectivity index (χ2v) is 6.24. The molecule has 1 aliphatic rings. The number of anilines is 1. The molecule has 0 aliphatic carbocycles. The van der Waals surface area contributed by atoms with E-state index in [1.54, 1.807) is 42.5 Å². The molecule has 27 heavy (non-hydrogen) atoms. The first-order valence-electron chi connectivity index (χ1n) is 8.44. The van der Waals surface area contributed by atoms with Crippen LogP contribution in [0.4, 0.5) is 5.69 Å². The summed E-state index contributed by atoms with van der Waals surface area (Å²) in [5.41, 5.74) is 7.04. The van der Waals surface area contributed by atoms with Crippen LogP contribution in [-0.4, -0.2) is 37.4 Å². The summed E-state index contributed by atoms with van der Waals surface area (Å²) in [7, 11) is 1.50. The number of Topliss-reactive ketones (excluding diaryl/α,β-unsaturated/α-hetero) is 1. The number of ether oxygens (including phenoxy) is 2. The maximum absolute atomic E-state index is 13.0. The Balaban J connectivity index is 1.93. The standard InChI is InChI=1S/C20H20N2O5/c1-12(23)13-7-8-16(26-2)14(9-13)10-19(24)22-11-18(20(21)25)27-17-6-4-3-5-15(17)22/h3-9,18H,10-11H2,1-2H3,(H2,21,25)/t18-/m0/s1. The van der Waals surface area contributed by atoms with E-state index in [0.29, 0.717) is 28.3 Å². The van der Waals surface area contributed by atoms with Crippen LogP contribution in [0.2, 0.25) is 0 Å². The predicted molar refractivity (Wildman–Crippen MR) is 99.1 cm³/mol. The van der Waals surface area contributed by atoms with Crippen LogP contribution < -0.4 is 20.1 Å². The third kappa shape index (κ3) is 3.76. The molecular formula is C20H20N2O5. The summed E-state index contributed by atoms with van der Waals surface area (Å²) < 4.78 is 10.9. The summed E-state index contributed by atoms with van der Waals surface area (Å²) in [6, 6.07) is 11.9. The number of carbonyl (C=O) groups excluding carboxylic acids is 3. The molecule has 1 heterocycles. The van der Waals surface area contributed by atoms with Gasteiger partial charge in [0, 0.05) is 11.1 Å². The molecule has 0 aromatic heterocycles. The van der Waals surface area contributed by atoms with Gasteiger partial charge in [0.15, 0.2) is 11.9 Å². The Hall–Kier alpha value is -3.35. The molecule has 2 N–H and O–H groups in total. The number of fused-ring (bicyclic) bond motifs is 1.